The quantitative estimate of drug-likeness (QED) is 0.423. The van der Waals surface area contributed by atoms with E-state index >= 15 is 0 Å². The zero-order valence-electron chi connectivity index (χ0n) is 12.0. The number of nitrogens with zero attached hydrogens (tertiary/aromatic N) is 1. The Bertz CT molecular complexity index is 303. The summed E-state index contributed by atoms with van der Waals surface area (Å²) in [6.07, 6.45) is -0.555. The van der Waals surface area contributed by atoms with Gasteiger partial charge in [-0.1, -0.05) is 0 Å². The van der Waals surface area contributed by atoms with Crippen molar-refractivity contribution in [3.8, 4) is 0 Å². The molecule has 8 nitrogen and oxygen atoms in total. The van der Waals surface area contributed by atoms with Gasteiger partial charge in [-0.25, -0.2) is 0 Å². The number of ether oxygens (including phenoxy) is 3. The average Bonchev–Trinajstić information content (AvgIpc) is 2.49. The van der Waals surface area contributed by atoms with E-state index in [9.17, 15) is 9.59 Å². The molecule has 0 saturated carbocycles. The van der Waals surface area contributed by atoms with Crippen LogP contribution >= 0.6 is 0 Å². The largest absolute Gasteiger partial charge is 0.379 e. The molecule has 0 bridgehead atoms. The number of amides is 2. The number of carbonyl (C=O) groups excluding carboxylic acids is 2. The molecule has 0 unspecified atom stereocenters. The van der Waals surface area contributed by atoms with Crippen LogP contribution in [-0.2, 0) is 23.8 Å². The summed E-state index contributed by atoms with van der Waals surface area (Å²) in [6.45, 7) is 4.40. The molecule has 1 fully saturated rings. The molecule has 116 valence electrons. The van der Waals surface area contributed by atoms with Crippen LogP contribution < -0.4 is 10.6 Å². The molecule has 8 heteroatoms. The van der Waals surface area contributed by atoms with E-state index in [-0.39, 0.29) is 6.54 Å². The van der Waals surface area contributed by atoms with Gasteiger partial charge >= 0.3 is 11.8 Å². The Hall–Kier alpha value is -1.22. The van der Waals surface area contributed by atoms with Gasteiger partial charge < -0.3 is 24.8 Å². The molecule has 1 heterocycles. The zero-order chi connectivity index (χ0) is 14.8. The van der Waals surface area contributed by atoms with Gasteiger partial charge in [-0.3, -0.25) is 14.5 Å². The van der Waals surface area contributed by atoms with Gasteiger partial charge in [0.05, 0.1) is 19.8 Å². The molecule has 2 amide bonds. The summed E-state index contributed by atoms with van der Waals surface area (Å²) >= 11 is 0. The van der Waals surface area contributed by atoms with Crippen molar-refractivity contribution in [3.63, 3.8) is 0 Å². The van der Waals surface area contributed by atoms with Crippen molar-refractivity contribution in [1.29, 1.82) is 0 Å². The van der Waals surface area contributed by atoms with Crippen molar-refractivity contribution in [2.45, 2.75) is 6.29 Å². The van der Waals surface area contributed by atoms with E-state index in [1.807, 2.05) is 0 Å². The Morgan fingerprint density at radius 2 is 1.75 bits per heavy atom. The van der Waals surface area contributed by atoms with E-state index in [1.54, 1.807) is 0 Å². The van der Waals surface area contributed by atoms with E-state index in [1.165, 1.54) is 14.2 Å². The molecule has 0 spiro atoms. The number of carbonyl (C=O) groups is 2. The van der Waals surface area contributed by atoms with Crippen LogP contribution in [0.3, 0.4) is 0 Å². The highest BCUT2D eigenvalue weighted by Gasteiger charge is 2.16. The molecule has 2 N–H and O–H groups in total. The fourth-order valence-corrected chi connectivity index (χ4v) is 1.75. The summed E-state index contributed by atoms with van der Waals surface area (Å²) in [6, 6.07) is 0. The lowest BCUT2D eigenvalue weighted by atomic mass is 10.4. The topological polar surface area (TPSA) is 89.1 Å². The number of morpholine rings is 1. The Morgan fingerprint density at radius 3 is 2.35 bits per heavy atom. The molecule has 0 radical (unpaired) electrons. The first-order chi connectivity index (χ1) is 9.67. The highest BCUT2D eigenvalue weighted by atomic mass is 16.7. The lowest BCUT2D eigenvalue weighted by Crippen LogP contribution is -2.46. The fraction of sp³-hybridized carbons (Fsp3) is 0.833. The van der Waals surface area contributed by atoms with Crippen molar-refractivity contribution in [3.05, 3.63) is 0 Å². The number of hydrogen-bond donors (Lipinski definition) is 2. The molecule has 1 rings (SSSR count). The lowest BCUT2D eigenvalue weighted by Gasteiger charge is -2.26. The molecule has 0 aromatic rings. The third-order valence-electron chi connectivity index (χ3n) is 2.98. The SMILES string of the molecule is COC(CNC(=O)C(=O)NCCN1CCOCC1)OC. The summed E-state index contributed by atoms with van der Waals surface area (Å²) in [5.41, 5.74) is 0. The van der Waals surface area contributed by atoms with Crippen LogP contribution in [-0.4, -0.2) is 83.2 Å². The highest BCUT2D eigenvalue weighted by molar-refractivity contribution is 6.35. The molecule has 0 aliphatic carbocycles. The predicted octanol–water partition coefficient (Wildman–Crippen LogP) is -1.83. The van der Waals surface area contributed by atoms with Gasteiger partial charge in [0.15, 0.2) is 6.29 Å². The summed E-state index contributed by atoms with van der Waals surface area (Å²) in [5.74, 6) is -1.34. The van der Waals surface area contributed by atoms with Crippen LogP contribution in [0.1, 0.15) is 0 Å². The summed E-state index contributed by atoms with van der Waals surface area (Å²) in [5, 5.41) is 5.01. The molecule has 1 aliphatic rings. The molecule has 1 aliphatic heterocycles. The van der Waals surface area contributed by atoms with E-state index < -0.39 is 18.1 Å². The minimum atomic E-state index is -0.689. The summed E-state index contributed by atoms with van der Waals surface area (Å²) in [4.78, 5) is 25.2. The first-order valence-corrected chi connectivity index (χ1v) is 6.59. The maximum absolute atomic E-state index is 11.5. The van der Waals surface area contributed by atoms with E-state index in [0.717, 1.165) is 13.1 Å². The Balaban J connectivity index is 2.12. The second-order valence-electron chi connectivity index (χ2n) is 4.32. The maximum Gasteiger partial charge on any atom is 0.309 e. The monoisotopic (exact) mass is 289 g/mol. The van der Waals surface area contributed by atoms with Gasteiger partial charge in [0.1, 0.15) is 0 Å². The van der Waals surface area contributed by atoms with Crippen molar-refractivity contribution in [2.75, 3.05) is 60.2 Å². The lowest BCUT2D eigenvalue weighted by molar-refractivity contribution is -0.141. The summed E-state index contributed by atoms with van der Waals surface area (Å²) in [7, 11) is 2.92. The van der Waals surface area contributed by atoms with Gasteiger partial charge in [-0.2, -0.15) is 0 Å². The van der Waals surface area contributed by atoms with Crippen LogP contribution in [0.15, 0.2) is 0 Å². The molecule has 20 heavy (non-hydrogen) atoms. The summed E-state index contributed by atoms with van der Waals surface area (Å²) < 4.78 is 15.0. The van der Waals surface area contributed by atoms with Crippen LogP contribution in [0.2, 0.25) is 0 Å². The van der Waals surface area contributed by atoms with E-state index in [0.29, 0.717) is 26.3 Å². The molecule has 1 saturated heterocycles. The third-order valence-corrected chi connectivity index (χ3v) is 2.98. The van der Waals surface area contributed by atoms with Crippen LogP contribution in [0.5, 0.6) is 0 Å². The Kier molecular flexibility index (Phi) is 8.12. The number of rotatable bonds is 7. The Labute approximate surface area is 118 Å². The maximum atomic E-state index is 11.5. The van der Waals surface area contributed by atoms with Crippen molar-refractivity contribution < 1.29 is 23.8 Å². The van der Waals surface area contributed by atoms with Crippen molar-refractivity contribution in [2.24, 2.45) is 0 Å². The first kappa shape index (κ1) is 16.8. The van der Waals surface area contributed by atoms with Crippen LogP contribution in [0.25, 0.3) is 0 Å². The van der Waals surface area contributed by atoms with Crippen LogP contribution in [0.4, 0.5) is 0 Å². The molecule has 0 aromatic carbocycles. The first-order valence-electron chi connectivity index (χ1n) is 6.59. The number of hydrogen-bond acceptors (Lipinski definition) is 6. The molecular weight excluding hydrogens is 266 g/mol. The standard InChI is InChI=1S/C12H23N3O5/c1-18-10(19-2)9-14-12(17)11(16)13-3-4-15-5-7-20-8-6-15/h10H,3-9H2,1-2H3,(H,13,16)(H,14,17). The van der Waals surface area contributed by atoms with Crippen molar-refractivity contribution >= 4 is 11.8 Å². The smallest absolute Gasteiger partial charge is 0.309 e. The van der Waals surface area contributed by atoms with Gasteiger partial charge in [0.2, 0.25) is 0 Å². The number of nitrogens with one attached hydrogen (secondary N) is 2. The van der Waals surface area contributed by atoms with Gasteiger partial charge in [-0.05, 0) is 0 Å². The number of methoxy groups -OCH3 is 2. The van der Waals surface area contributed by atoms with Crippen molar-refractivity contribution in [1.82, 2.24) is 15.5 Å². The zero-order valence-corrected chi connectivity index (χ0v) is 12.0. The van der Waals surface area contributed by atoms with Gasteiger partial charge in [0, 0.05) is 40.4 Å². The highest BCUT2D eigenvalue weighted by Crippen LogP contribution is 1.94. The minimum absolute atomic E-state index is 0.128. The normalized spacial score (nSPS) is 16.1. The predicted molar refractivity (Wildman–Crippen MR) is 71.1 cm³/mol. The van der Waals surface area contributed by atoms with Gasteiger partial charge in [-0.15, -0.1) is 0 Å². The van der Waals surface area contributed by atoms with Gasteiger partial charge in [0.25, 0.3) is 0 Å². The molecular formula is C12H23N3O5. The average molecular weight is 289 g/mol. The Morgan fingerprint density at radius 1 is 1.15 bits per heavy atom. The second-order valence-corrected chi connectivity index (χ2v) is 4.32. The second kappa shape index (κ2) is 9.65. The third kappa shape index (κ3) is 6.29. The van der Waals surface area contributed by atoms with E-state index in [2.05, 4.69) is 15.5 Å². The van der Waals surface area contributed by atoms with Crippen LogP contribution in [0, 0.1) is 0 Å². The molecule has 0 aromatic heterocycles. The fourth-order valence-electron chi connectivity index (χ4n) is 1.75. The molecule has 0 atom stereocenters. The minimum Gasteiger partial charge on any atom is -0.379 e. The van der Waals surface area contributed by atoms with E-state index in [4.69, 9.17) is 14.2 Å².